The Morgan fingerprint density at radius 1 is 0.870 bits per heavy atom. The Bertz CT molecular complexity index is 1420. The van der Waals surface area contributed by atoms with E-state index in [1.165, 1.54) is 0 Å². The summed E-state index contributed by atoms with van der Waals surface area (Å²) in [5.74, 6) is 0.174. The molecule has 3 amide bonds. The van der Waals surface area contributed by atoms with Crippen molar-refractivity contribution in [3.63, 3.8) is 0 Å². The molecule has 5 rings (SSSR count). The number of hydrogen-bond donors (Lipinski definition) is 4. The summed E-state index contributed by atoms with van der Waals surface area (Å²) in [6, 6.07) is 26.0. The molecule has 3 aromatic rings. The van der Waals surface area contributed by atoms with Gasteiger partial charge in [0.15, 0.2) is 0 Å². The van der Waals surface area contributed by atoms with E-state index >= 15 is 0 Å². The molecule has 9 heteroatoms. The van der Waals surface area contributed by atoms with Crippen molar-refractivity contribution < 1.29 is 19.1 Å². The topological polar surface area (TPSA) is 112 Å². The third kappa shape index (κ3) is 8.53. The molecule has 9 nitrogen and oxygen atoms in total. The van der Waals surface area contributed by atoms with Gasteiger partial charge in [0.25, 0.3) is 0 Å². The van der Waals surface area contributed by atoms with Crippen molar-refractivity contribution >= 4 is 17.7 Å². The van der Waals surface area contributed by atoms with Crippen LogP contribution in [0.4, 0.5) is 0 Å². The van der Waals surface area contributed by atoms with Crippen LogP contribution in [0.15, 0.2) is 84.9 Å². The quantitative estimate of drug-likeness (QED) is 0.219. The van der Waals surface area contributed by atoms with Crippen molar-refractivity contribution in [1.82, 2.24) is 26.2 Å². The highest BCUT2D eigenvalue weighted by Gasteiger charge is 2.47. The fraction of sp³-hybridized carbons (Fsp3) is 0.432. The van der Waals surface area contributed by atoms with Gasteiger partial charge in [-0.3, -0.25) is 14.4 Å². The molecule has 2 aliphatic heterocycles. The summed E-state index contributed by atoms with van der Waals surface area (Å²) in [4.78, 5) is 43.4. The average molecular weight is 626 g/mol. The summed E-state index contributed by atoms with van der Waals surface area (Å²) in [7, 11) is 3.40. The molecular formula is C37H47N5O4. The highest BCUT2D eigenvalue weighted by Crippen LogP contribution is 2.34. The van der Waals surface area contributed by atoms with Gasteiger partial charge in [-0.2, -0.15) is 0 Å². The number of amides is 3. The summed E-state index contributed by atoms with van der Waals surface area (Å²) < 4.78 is 5.24. The molecule has 0 aromatic heterocycles. The lowest BCUT2D eigenvalue weighted by Gasteiger charge is -2.33. The van der Waals surface area contributed by atoms with Gasteiger partial charge in [0.1, 0.15) is 17.8 Å². The highest BCUT2D eigenvalue weighted by molar-refractivity contribution is 5.94. The normalized spacial score (nSPS) is 21.6. The van der Waals surface area contributed by atoms with E-state index in [1.54, 1.807) is 19.1 Å². The van der Waals surface area contributed by atoms with Crippen LogP contribution < -0.4 is 26.0 Å². The number of ether oxygens (including phenoxy) is 1. The molecule has 0 bridgehead atoms. The zero-order valence-electron chi connectivity index (χ0n) is 26.9. The van der Waals surface area contributed by atoms with Crippen molar-refractivity contribution in [3.05, 3.63) is 102 Å². The number of fused-ring (bicyclic) bond motifs is 1. The standard InChI is InChI=1S/C37H47N5O4/c1-38-32(23-27-9-5-3-6-10-27)35(43)41-34-29(25-39-24-28-11-7-4-8-12-28)15-16-30-17-20-33(42(30)37(34)45)36(44)40-22-21-26-13-18-31(46-2)19-14-26/h3-14,18-19,29-30,32-34,38-39H,15-17,20-25H2,1-2H3,(H,40,44)(H,41,43)/t29-,30+,32-,33+,34+/m1/s1. The zero-order valence-corrected chi connectivity index (χ0v) is 26.9. The fourth-order valence-electron chi connectivity index (χ4n) is 6.76. The smallest absolute Gasteiger partial charge is 0.246 e. The minimum atomic E-state index is -0.736. The van der Waals surface area contributed by atoms with Crippen molar-refractivity contribution in [2.24, 2.45) is 5.92 Å². The minimum absolute atomic E-state index is 0.0206. The monoisotopic (exact) mass is 625 g/mol. The second kappa shape index (κ2) is 16.4. The fourth-order valence-corrected chi connectivity index (χ4v) is 6.76. The summed E-state index contributed by atoms with van der Waals surface area (Å²) in [5.41, 5.74) is 3.30. The Morgan fingerprint density at radius 3 is 2.22 bits per heavy atom. The Labute approximate surface area is 272 Å². The van der Waals surface area contributed by atoms with Gasteiger partial charge in [-0.25, -0.2) is 0 Å². The highest BCUT2D eigenvalue weighted by atomic mass is 16.5. The number of nitrogens with one attached hydrogen (secondary N) is 4. The van der Waals surface area contributed by atoms with Crippen LogP contribution >= 0.6 is 0 Å². The van der Waals surface area contributed by atoms with Gasteiger partial charge in [-0.1, -0.05) is 72.8 Å². The number of carbonyl (C=O) groups is 3. The number of carbonyl (C=O) groups excluding carboxylic acids is 3. The van der Waals surface area contributed by atoms with Crippen LogP contribution in [0.1, 0.15) is 42.4 Å². The van der Waals surface area contributed by atoms with E-state index in [9.17, 15) is 14.4 Å². The predicted molar refractivity (Wildman–Crippen MR) is 179 cm³/mol. The Hall–Kier alpha value is -4.21. The third-order valence-electron chi connectivity index (χ3n) is 9.36. The molecule has 0 radical (unpaired) electrons. The molecule has 5 atom stereocenters. The van der Waals surface area contributed by atoms with Gasteiger partial charge in [0, 0.05) is 31.6 Å². The summed E-state index contributed by atoms with van der Waals surface area (Å²) in [6.07, 6.45) is 4.15. The van der Waals surface area contributed by atoms with Gasteiger partial charge in [-0.05, 0) is 74.4 Å². The Balaban J connectivity index is 1.28. The Kier molecular flexibility index (Phi) is 11.8. The lowest BCUT2D eigenvalue weighted by Crippen LogP contribution is -2.59. The number of likely N-dealkylation sites (N-methyl/N-ethyl adjacent to an activating group) is 1. The van der Waals surface area contributed by atoms with E-state index in [2.05, 4.69) is 33.4 Å². The van der Waals surface area contributed by atoms with E-state index in [0.717, 1.165) is 41.7 Å². The number of methoxy groups -OCH3 is 1. The average Bonchev–Trinajstić information content (AvgIpc) is 3.47. The molecule has 0 spiro atoms. The first kappa shape index (κ1) is 33.2. The summed E-state index contributed by atoms with van der Waals surface area (Å²) >= 11 is 0. The maximum atomic E-state index is 14.4. The largest absolute Gasteiger partial charge is 0.497 e. The first-order valence-corrected chi connectivity index (χ1v) is 16.5. The molecule has 4 N–H and O–H groups in total. The van der Waals surface area contributed by atoms with Crippen LogP contribution in [0.3, 0.4) is 0 Å². The molecule has 2 aliphatic rings. The second-order valence-electron chi connectivity index (χ2n) is 12.4. The molecule has 0 aliphatic carbocycles. The minimum Gasteiger partial charge on any atom is -0.497 e. The van der Waals surface area contributed by atoms with Crippen LogP contribution in [0.2, 0.25) is 0 Å². The maximum absolute atomic E-state index is 14.4. The molecule has 0 saturated carbocycles. The van der Waals surface area contributed by atoms with E-state index in [1.807, 2.05) is 72.8 Å². The summed E-state index contributed by atoms with van der Waals surface area (Å²) in [5, 5.41) is 12.9. The number of rotatable bonds is 14. The van der Waals surface area contributed by atoms with Crippen molar-refractivity contribution in [3.8, 4) is 5.75 Å². The second-order valence-corrected chi connectivity index (χ2v) is 12.4. The number of nitrogens with zero attached hydrogens (tertiary/aromatic N) is 1. The third-order valence-corrected chi connectivity index (χ3v) is 9.36. The van der Waals surface area contributed by atoms with Crippen LogP contribution in [-0.2, 0) is 33.8 Å². The summed E-state index contributed by atoms with van der Waals surface area (Å²) in [6.45, 7) is 1.73. The van der Waals surface area contributed by atoms with Gasteiger partial charge in [-0.15, -0.1) is 0 Å². The van der Waals surface area contributed by atoms with Gasteiger partial charge >= 0.3 is 0 Å². The maximum Gasteiger partial charge on any atom is 0.246 e. The van der Waals surface area contributed by atoms with Gasteiger partial charge < -0.3 is 30.9 Å². The molecule has 244 valence electrons. The van der Waals surface area contributed by atoms with Crippen LogP contribution in [0.25, 0.3) is 0 Å². The van der Waals surface area contributed by atoms with Crippen molar-refractivity contribution in [2.45, 2.75) is 69.2 Å². The Morgan fingerprint density at radius 2 is 1.54 bits per heavy atom. The van der Waals surface area contributed by atoms with E-state index in [4.69, 9.17) is 4.74 Å². The first-order valence-electron chi connectivity index (χ1n) is 16.5. The predicted octanol–water partition coefficient (Wildman–Crippen LogP) is 3.23. The first-order chi connectivity index (χ1) is 22.5. The zero-order chi connectivity index (χ0) is 32.3. The number of hydrogen-bond acceptors (Lipinski definition) is 6. The van der Waals surface area contributed by atoms with Gasteiger partial charge in [0.2, 0.25) is 17.7 Å². The van der Waals surface area contributed by atoms with Gasteiger partial charge in [0.05, 0.1) is 13.2 Å². The molecule has 0 unspecified atom stereocenters. The molecular weight excluding hydrogens is 578 g/mol. The van der Waals surface area contributed by atoms with Crippen LogP contribution in [-0.4, -0.2) is 74.0 Å². The van der Waals surface area contributed by atoms with E-state index < -0.39 is 18.1 Å². The van der Waals surface area contributed by atoms with Crippen molar-refractivity contribution in [1.29, 1.82) is 0 Å². The lowest BCUT2D eigenvalue weighted by molar-refractivity contribution is -0.143. The molecule has 2 saturated heterocycles. The van der Waals surface area contributed by atoms with Crippen LogP contribution in [0.5, 0.6) is 5.75 Å². The number of benzene rings is 3. The van der Waals surface area contributed by atoms with E-state index in [-0.39, 0.29) is 29.7 Å². The SMILES string of the molecule is CN[C@H](Cc1ccccc1)C(=O)N[C@@H]1C(=O)N2[C@@H](CC[C@@H]1CNCc1ccccc1)CC[C@H]2C(=O)NCCc1ccc(OC)cc1. The van der Waals surface area contributed by atoms with Crippen LogP contribution in [0, 0.1) is 5.92 Å². The van der Waals surface area contributed by atoms with E-state index in [0.29, 0.717) is 38.9 Å². The molecule has 3 aromatic carbocycles. The van der Waals surface area contributed by atoms with Crippen molar-refractivity contribution in [2.75, 3.05) is 27.2 Å². The molecule has 46 heavy (non-hydrogen) atoms. The molecule has 2 fully saturated rings. The lowest BCUT2D eigenvalue weighted by atomic mass is 9.92. The molecule has 2 heterocycles.